The van der Waals surface area contributed by atoms with Crippen LogP contribution in [0.3, 0.4) is 0 Å². The number of benzene rings is 1. The molecule has 2 heterocycles. The summed E-state index contributed by atoms with van der Waals surface area (Å²) in [5.41, 5.74) is 3.99. The average molecular weight is 316 g/mol. The summed E-state index contributed by atoms with van der Waals surface area (Å²) < 4.78 is 13.0. The van der Waals surface area contributed by atoms with Gasteiger partial charge in [0.25, 0.3) is 0 Å². The SMILES string of the molecule is CC(C)C1=NO[C@H](CNCc2cn[nH]c2-c2ccc(F)cc2)C1. The molecule has 0 saturated carbocycles. The van der Waals surface area contributed by atoms with Gasteiger partial charge < -0.3 is 10.2 Å². The van der Waals surface area contributed by atoms with Crippen LogP contribution in [0.4, 0.5) is 4.39 Å². The molecule has 23 heavy (non-hydrogen) atoms. The van der Waals surface area contributed by atoms with Gasteiger partial charge in [0.2, 0.25) is 0 Å². The summed E-state index contributed by atoms with van der Waals surface area (Å²) in [4.78, 5) is 5.43. The van der Waals surface area contributed by atoms with Crippen molar-refractivity contribution in [2.75, 3.05) is 6.54 Å². The predicted molar refractivity (Wildman–Crippen MR) is 87.5 cm³/mol. The summed E-state index contributed by atoms with van der Waals surface area (Å²) in [6, 6.07) is 6.39. The highest BCUT2D eigenvalue weighted by atomic mass is 19.1. The normalized spacial score (nSPS) is 17.4. The van der Waals surface area contributed by atoms with Crippen LogP contribution in [-0.4, -0.2) is 28.6 Å². The minimum Gasteiger partial charge on any atom is -0.391 e. The Kier molecular flexibility index (Phi) is 4.71. The van der Waals surface area contributed by atoms with Crippen molar-refractivity contribution in [1.82, 2.24) is 15.5 Å². The van der Waals surface area contributed by atoms with Crippen LogP contribution in [0.25, 0.3) is 11.3 Å². The number of hydrogen-bond donors (Lipinski definition) is 2. The van der Waals surface area contributed by atoms with Crippen molar-refractivity contribution in [3.05, 3.63) is 41.8 Å². The maximum absolute atomic E-state index is 13.0. The highest BCUT2D eigenvalue weighted by Crippen LogP contribution is 2.21. The molecule has 0 amide bonds. The Balaban J connectivity index is 1.54. The van der Waals surface area contributed by atoms with E-state index in [1.165, 1.54) is 12.1 Å². The lowest BCUT2D eigenvalue weighted by Crippen LogP contribution is -2.27. The van der Waals surface area contributed by atoms with E-state index in [1.807, 2.05) is 0 Å². The van der Waals surface area contributed by atoms with Crippen molar-refractivity contribution in [3.63, 3.8) is 0 Å². The number of oxime groups is 1. The summed E-state index contributed by atoms with van der Waals surface area (Å²) in [5, 5.41) is 14.6. The minimum atomic E-state index is -0.243. The zero-order valence-electron chi connectivity index (χ0n) is 13.3. The lowest BCUT2D eigenvalue weighted by Gasteiger charge is -2.10. The summed E-state index contributed by atoms with van der Waals surface area (Å²) in [7, 11) is 0. The molecule has 2 N–H and O–H groups in total. The Morgan fingerprint density at radius 1 is 1.35 bits per heavy atom. The van der Waals surface area contributed by atoms with E-state index < -0.39 is 0 Å². The fourth-order valence-corrected chi connectivity index (χ4v) is 2.58. The average Bonchev–Trinajstić information content (AvgIpc) is 3.18. The molecule has 6 heteroatoms. The monoisotopic (exact) mass is 316 g/mol. The molecule has 0 aliphatic carbocycles. The Labute approximate surface area is 134 Å². The second-order valence-corrected chi connectivity index (χ2v) is 6.08. The number of H-pyrrole nitrogens is 1. The van der Waals surface area contributed by atoms with Crippen molar-refractivity contribution in [2.45, 2.75) is 32.9 Å². The molecule has 0 spiro atoms. The first-order chi connectivity index (χ1) is 11.1. The number of halogens is 1. The van der Waals surface area contributed by atoms with Gasteiger partial charge in [0.15, 0.2) is 0 Å². The number of hydrogen-bond acceptors (Lipinski definition) is 4. The van der Waals surface area contributed by atoms with Crippen LogP contribution in [0.2, 0.25) is 0 Å². The van der Waals surface area contributed by atoms with E-state index in [1.54, 1.807) is 18.3 Å². The zero-order valence-corrected chi connectivity index (χ0v) is 13.3. The van der Waals surface area contributed by atoms with Gasteiger partial charge in [-0.2, -0.15) is 5.10 Å². The van der Waals surface area contributed by atoms with Crippen LogP contribution < -0.4 is 5.32 Å². The molecular formula is C17H21FN4O. The lowest BCUT2D eigenvalue weighted by molar-refractivity contribution is 0.0848. The van der Waals surface area contributed by atoms with Crippen LogP contribution in [0.15, 0.2) is 35.6 Å². The number of nitrogens with one attached hydrogen (secondary N) is 2. The molecule has 5 nitrogen and oxygen atoms in total. The number of rotatable bonds is 6. The minimum absolute atomic E-state index is 0.0913. The van der Waals surface area contributed by atoms with Crippen LogP contribution in [0.5, 0.6) is 0 Å². The topological polar surface area (TPSA) is 62.3 Å². The highest BCUT2D eigenvalue weighted by molar-refractivity contribution is 5.87. The fourth-order valence-electron chi connectivity index (χ4n) is 2.58. The molecular weight excluding hydrogens is 295 g/mol. The third-order valence-electron chi connectivity index (χ3n) is 3.96. The number of aromatic amines is 1. The molecule has 1 aromatic carbocycles. The first kappa shape index (κ1) is 15.7. The van der Waals surface area contributed by atoms with Crippen molar-refractivity contribution in [2.24, 2.45) is 11.1 Å². The maximum Gasteiger partial charge on any atom is 0.145 e. The van der Waals surface area contributed by atoms with Crippen LogP contribution in [-0.2, 0) is 11.4 Å². The van der Waals surface area contributed by atoms with E-state index >= 15 is 0 Å². The summed E-state index contributed by atoms with van der Waals surface area (Å²) in [6.07, 6.45) is 2.76. The molecule has 0 unspecified atom stereocenters. The van der Waals surface area contributed by atoms with Crippen LogP contribution in [0, 0.1) is 11.7 Å². The largest absolute Gasteiger partial charge is 0.391 e. The van der Waals surface area contributed by atoms with Gasteiger partial charge in [-0.15, -0.1) is 0 Å². The lowest BCUT2D eigenvalue weighted by atomic mass is 10.0. The molecule has 1 aliphatic heterocycles. The van der Waals surface area contributed by atoms with Gasteiger partial charge in [0, 0.05) is 30.6 Å². The molecule has 1 aliphatic rings. The van der Waals surface area contributed by atoms with Gasteiger partial charge >= 0.3 is 0 Å². The molecule has 0 radical (unpaired) electrons. The molecule has 3 rings (SSSR count). The van der Waals surface area contributed by atoms with E-state index in [2.05, 4.69) is 34.5 Å². The van der Waals surface area contributed by atoms with Gasteiger partial charge in [-0.1, -0.05) is 19.0 Å². The van der Waals surface area contributed by atoms with Gasteiger partial charge in [0.05, 0.1) is 17.6 Å². The van der Waals surface area contributed by atoms with E-state index in [4.69, 9.17) is 4.84 Å². The molecule has 122 valence electrons. The third-order valence-corrected chi connectivity index (χ3v) is 3.96. The molecule has 0 fully saturated rings. The summed E-state index contributed by atoms with van der Waals surface area (Å²) >= 11 is 0. The number of aromatic nitrogens is 2. The van der Waals surface area contributed by atoms with E-state index in [0.29, 0.717) is 12.5 Å². The molecule has 0 bridgehead atoms. The van der Waals surface area contributed by atoms with E-state index in [-0.39, 0.29) is 11.9 Å². The Morgan fingerprint density at radius 2 is 2.13 bits per heavy atom. The molecule has 1 aromatic heterocycles. The first-order valence-electron chi connectivity index (χ1n) is 7.85. The summed E-state index contributed by atoms with van der Waals surface area (Å²) in [5.74, 6) is 0.186. The van der Waals surface area contributed by atoms with E-state index in [0.717, 1.165) is 35.5 Å². The van der Waals surface area contributed by atoms with Crippen molar-refractivity contribution >= 4 is 5.71 Å². The quantitative estimate of drug-likeness (QED) is 0.861. The third kappa shape index (κ3) is 3.76. The number of nitrogens with zero attached hydrogens (tertiary/aromatic N) is 2. The second-order valence-electron chi connectivity index (χ2n) is 6.08. The summed E-state index contributed by atoms with van der Waals surface area (Å²) in [6.45, 7) is 5.64. The first-order valence-corrected chi connectivity index (χ1v) is 7.85. The van der Waals surface area contributed by atoms with Gasteiger partial charge in [-0.05, 0) is 30.2 Å². The standard InChI is InChI=1S/C17H21FN4O/c1-11(2)16-7-15(23-22-16)10-19-8-13-9-20-21-17(13)12-3-5-14(18)6-4-12/h3-6,9,11,15,19H,7-8,10H2,1-2H3,(H,20,21)/t15-/m0/s1. The molecule has 0 saturated heterocycles. The smallest absolute Gasteiger partial charge is 0.145 e. The Morgan fingerprint density at radius 3 is 2.83 bits per heavy atom. The Hall–Kier alpha value is -2.21. The van der Waals surface area contributed by atoms with Gasteiger partial charge in [-0.25, -0.2) is 4.39 Å². The van der Waals surface area contributed by atoms with Gasteiger partial charge in [0.1, 0.15) is 11.9 Å². The van der Waals surface area contributed by atoms with E-state index in [9.17, 15) is 4.39 Å². The fraction of sp³-hybridized carbons (Fsp3) is 0.412. The van der Waals surface area contributed by atoms with Crippen molar-refractivity contribution in [1.29, 1.82) is 0 Å². The second kappa shape index (κ2) is 6.91. The zero-order chi connectivity index (χ0) is 16.2. The maximum atomic E-state index is 13.0. The molecule has 2 aromatic rings. The van der Waals surface area contributed by atoms with Gasteiger partial charge in [-0.3, -0.25) is 5.10 Å². The molecule has 1 atom stereocenters. The van der Waals surface area contributed by atoms with Crippen molar-refractivity contribution in [3.8, 4) is 11.3 Å². The van der Waals surface area contributed by atoms with Crippen LogP contribution >= 0.6 is 0 Å². The highest BCUT2D eigenvalue weighted by Gasteiger charge is 2.22. The van der Waals surface area contributed by atoms with Crippen LogP contribution in [0.1, 0.15) is 25.8 Å². The predicted octanol–water partition coefficient (Wildman–Crippen LogP) is 3.11. The Bertz CT molecular complexity index is 678. The van der Waals surface area contributed by atoms with Crippen molar-refractivity contribution < 1.29 is 9.23 Å².